The topological polar surface area (TPSA) is 46.3 Å². The van der Waals surface area contributed by atoms with Crippen LogP contribution in [0.2, 0.25) is 5.02 Å². The lowest BCUT2D eigenvalue weighted by atomic mass is 10.1. The van der Waals surface area contributed by atoms with E-state index < -0.39 is 0 Å². The van der Waals surface area contributed by atoms with Crippen molar-refractivity contribution in [1.82, 2.24) is 4.90 Å². The Labute approximate surface area is 119 Å². The van der Waals surface area contributed by atoms with E-state index in [1.807, 2.05) is 36.1 Å². The van der Waals surface area contributed by atoms with Gasteiger partial charge < -0.3 is 10.6 Å². The lowest BCUT2D eigenvalue weighted by Gasteiger charge is -2.24. The van der Waals surface area contributed by atoms with Gasteiger partial charge in [-0.15, -0.1) is 0 Å². The van der Waals surface area contributed by atoms with Gasteiger partial charge in [-0.2, -0.15) is 0 Å². The molecule has 3 nitrogen and oxygen atoms in total. The van der Waals surface area contributed by atoms with Crippen molar-refractivity contribution in [3.63, 3.8) is 0 Å². The highest BCUT2D eigenvalue weighted by Gasteiger charge is 2.30. The number of carbonyl (C=O) groups excluding carboxylic acids is 1. The molecule has 0 aromatic heterocycles. The second-order valence-electron chi connectivity index (χ2n) is 5.25. The number of carbonyl (C=O) groups is 1. The Balaban J connectivity index is 2.01. The van der Waals surface area contributed by atoms with Crippen LogP contribution in [0.1, 0.15) is 31.7 Å². The summed E-state index contributed by atoms with van der Waals surface area (Å²) in [7, 11) is 0. The number of benzene rings is 1. The van der Waals surface area contributed by atoms with Crippen LogP contribution in [0.3, 0.4) is 0 Å². The van der Waals surface area contributed by atoms with E-state index >= 15 is 0 Å². The molecule has 0 saturated heterocycles. The first-order valence-electron chi connectivity index (χ1n) is 6.89. The Kier molecular flexibility index (Phi) is 4.83. The summed E-state index contributed by atoms with van der Waals surface area (Å²) >= 11 is 5.98. The summed E-state index contributed by atoms with van der Waals surface area (Å²) in [5, 5.41) is 0.712. The van der Waals surface area contributed by atoms with Crippen LogP contribution < -0.4 is 5.73 Å². The molecule has 2 rings (SSSR count). The average molecular weight is 281 g/mol. The molecule has 19 heavy (non-hydrogen) atoms. The van der Waals surface area contributed by atoms with Crippen molar-refractivity contribution in [3.05, 3.63) is 34.9 Å². The van der Waals surface area contributed by atoms with E-state index in [2.05, 4.69) is 0 Å². The number of rotatable bonds is 4. The molecule has 1 aromatic carbocycles. The first-order valence-corrected chi connectivity index (χ1v) is 7.26. The van der Waals surface area contributed by atoms with Crippen LogP contribution in [0.25, 0.3) is 0 Å². The summed E-state index contributed by atoms with van der Waals surface area (Å²) in [6, 6.07) is 7.87. The highest BCUT2D eigenvalue weighted by Crippen LogP contribution is 2.26. The number of amides is 1. The van der Waals surface area contributed by atoms with Crippen molar-refractivity contribution < 1.29 is 4.79 Å². The molecule has 1 fully saturated rings. The van der Waals surface area contributed by atoms with Crippen LogP contribution in [-0.2, 0) is 11.3 Å². The third-order valence-electron chi connectivity index (χ3n) is 3.78. The molecule has 1 saturated carbocycles. The first-order chi connectivity index (χ1) is 9.10. The van der Waals surface area contributed by atoms with Gasteiger partial charge in [0, 0.05) is 30.1 Å². The van der Waals surface area contributed by atoms with Crippen LogP contribution in [0, 0.1) is 5.92 Å². The zero-order valence-corrected chi connectivity index (χ0v) is 12.1. The number of hydrogen-bond donors (Lipinski definition) is 1. The van der Waals surface area contributed by atoms with Gasteiger partial charge in [0.2, 0.25) is 5.91 Å². The summed E-state index contributed by atoms with van der Waals surface area (Å²) in [5.41, 5.74) is 6.96. The van der Waals surface area contributed by atoms with Gasteiger partial charge in [0.15, 0.2) is 0 Å². The van der Waals surface area contributed by atoms with E-state index in [9.17, 15) is 4.79 Å². The molecule has 0 bridgehead atoms. The van der Waals surface area contributed by atoms with Gasteiger partial charge in [-0.1, -0.05) is 23.7 Å². The summed E-state index contributed by atoms with van der Waals surface area (Å²) < 4.78 is 0. The van der Waals surface area contributed by atoms with Gasteiger partial charge >= 0.3 is 0 Å². The second-order valence-corrected chi connectivity index (χ2v) is 5.69. The van der Waals surface area contributed by atoms with Gasteiger partial charge in [-0.3, -0.25) is 4.79 Å². The quantitative estimate of drug-likeness (QED) is 0.922. The van der Waals surface area contributed by atoms with E-state index in [-0.39, 0.29) is 17.9 Å². The molecule has 4 heteroatoms. The monoisotopic (exact) mass is 280 g/mol. The molecular formula is C15H21ClN2O. The number of hydrogen-bond acceptors (Lipinski definition) is 2. The predicted molar refractivity (Wildman–Crippen MR) is 77.9 cm³/mol. The lowest BCUT2D eigenvalue weighted by Crippen LogP contribution is -2.35. The van der Waals surface area contributed by atoms with Crippen molar-refractivity contribution >= 4 is 17.5 Å². The maximum absolute atomic E-state index is 12.4. The van der Waals surface area contributed by atoms with Crippen LogP contribution in [0.5, 0.6) is 0 Å². The molecule has 0 radical (unpaired) electrons. The third kappa shape index (κ3) is 3.71. The van der Waals surface area contributed by atoms with E-state index in [1.54, 1.807) is 0 Å². The predicted octanol–water partition coefficient (Wildman–Crippen LogP) is 2.82. The van der Waals surface area contributed by atoms with Crippen molar-refractivity contribution in [3.8, 4) is 0 Å². The second kappa shape index (κ2) is 6.40. The first kappa shape index (κ1) is 14.4. The molecule has 0 aliphatic heterocycles. The van der Waals surface area contributed by atoms with Gasteiger partial charge in [0.1, 0.15) is 0 Å². The van der Waals surface area contributed by atoms with Gasteiger partial charge in [0.25, 0.3) is 0 Å². The average Bonchev–Trinajstić information content (AvgIpc) is 2.82. The third-order valence-corrected chi connectivity index (χ3v) is 4.01. The molecule has 1 aliphatic rings. The normalized spacial score (nSPS) is 22.5. The standard InChI is InChI=1S/C15H21ClN2O/c1-2-18(10-11-4-3-5-13(16)8-11)15(19)12-6-7-14(17)9-12/h3-5,8,12,14H,2,6-7,9-10,17H2,1H3. The summed E-state index contributed by atoms with van der Waals surface area (Å²) in [6.45, 7) is 3.36. The largest absolute Gasteiger partial charge is 0.338 e. The lowest BCUT2D eigenvalue weighted by molar-refractivity contribution is -0.135. The molecule has 2 N–H and O–H groups in total. The molecule has 0 heterocycles. The Morgan fingerprint density at radius 2 is 2.26 bits per heavy atom. The fourth-order valence-corrected chi connectivity index (χ4v) is 2.91. The maximum Gasteiger partial charge on any atom is 0.226 e. The summed E-state index contributed by atoms with van der Waals surface area (Å²) in [6.07, 6.45) is 2.71. The molecule has 2 atom stereocenters. The van der Waals surface area contributed by atoms with E-state index in [0.29, 0.717) is 11.6 Å². The molecule has 1 amide bonds. The minimum atomic E-state index is 0.106. The molecule has 0 spiro atoms. The summed E-state index contributed by atoms with van der Waals surface area (Å²) in [5.74, 6) is 0.338. The van der Waals surface area contributed by atoms with E-state index in [1.165, 1.54) is 0 Å². The van der Waals surface area contributed by atoms with Crippen molar-refractivity contribution in [2.24, 2.45) is 11.7 Å². The van der Waals surface area contributed by atoms with Gasteiger partial charge in [0.05, 0.1) is 0 Å². The minimum absolute atomic E-state index is 0.106. The highest BCUT2D eigenvalue weighted by atomic mass is 35.5. The molecule has 1 aromatic rings. The zero-order valence-electron chi connectivity index (χ0n) is 11.3. The molecular weight excluding hydrogens is 260 g/mol. The zero-order chi connectivity index (χ0) is 13.8. The maximum atomic E-state index is 12.4. The van der Waals surface area contributed by atoms with Crippen LogP contribution in [-0.4, -0.2) is 23.4 Å². The van der Waals surface area contributed by atoms with Crippen LogP contribution in [0.15, 0.2) is 24.3 Å². The van der Waals surface area contributed by atoms with Crippen LogP contribution in [0.4, 0.5) is 0 Å². The smallest absolute Gasteiger partial charge is 0.226 e. The Bertz CT molecular complexity index is 450. The number of nitrogens with two attached hydrogens (primary N) is 1. The fourth-order valence-electron chi connectivity index (χ4n) is 2.70. The number of nitrogens with zero attached hydrogens (tertiary/aromatic N) is 1. The fraction of sp³-hybridized carbons (Fsp3) is 0.533. The van der Waals surface area contributed by atoms with E-state index in [0.717, 1.165) is 31.4 Å². The Morgan fingerprint density at radius 1 is 1.47 bits per heavy atom. The van der Waals surface area contributed by atoms with Gasteiger partial charge in [-0.05, 0) is 43.9 Å². The molecule has 104 valence electrons. The van der Waals surface area contributed by atoms with Gasteiger partial charge in [-0.25, -0.2) is 0 Å². The van der Waals surface area contributed by atoms with Crippen molar-refractivity contribution in [2.75, 3.05) is 6.54 Å². The Hall–Kier alpha value is -1.06. The van der Waals surface area contributed by atoms with E-state index in [4.69, 9.17) is 17.3 Å². The SMILES string of the molecule is CCN(Cc1cccc(Cl)c1)C(=O)C1CCC(N)C1. The highest BCUT2D eigenvalue weighted by molar-refractivity contribution is 6.30. The van der Waals surface area contributed by atoms with Crippen molar-refractivity contribution in [1.29, 1.82) is 0 Å². The molecule has 1 aliphatic carbocycles. The van der Waals surface area contributed by atoms with Crippen molar-refractivity contribution in [2.45, 2.75) is 38.8 Å². The Morgan fingerprint density at radius 3 is 2.84 bits per heavy atom. The molecule has 2 unspecified atom stereocenters. The number of halogens is 1. The minimum Gasteiger partial charge on any atom is -0.338 e. The summed E-state index contributed by atoms with van der Waals surface area (Å²) in [4.78, 5) is 14.3. The van der Waals surface area contributed by atoms with Crippen LogP contribution >= 0.6 is 11.6 Å².